The first-order valence-corrected chi connectivity index (χ1v) is 7.09. The molecule has 1 heterocycles. The number of furan rings is 1. The first-order chi connectivity index (χ1) is 10.9. The number of amides is 1. The molecule has 120 valence electrons. The van der Waals surface area contributed by atoms with Crippen LogP contribution in [0, 0.1) is 11.3 Å². The topological polar surface area (TPSA) is 95.5 Å². The van der Waals surface area contributed by atoms with Crippen molar-refractivity contribution in [3.63, 3.8) is 0 Å². The van der Waals surface area contributed by atoms with Crippen LogP contribution in [0.15, 0.2) is 40.8 Å². The Hall–Kier alpha value is -2.78. The molecule has 0 saturated carbocycles. The Balaban J connectivity index is 2.00. The van der Waals surface area contributed by atoms with Crippen molar-refractivity contribution in [3.05, 3.63) is 53.5 Å². The molecular weight excluding hydrogens is 296 g/mol. The summed E-state index contributed by atoms with van der Waals surface area (Å²) in [6.45, 7) is 3.34. The van der Waals surface area contributed by atoms with E-state index in [1.165, 1.54) is 6.07 Å². The summed E-state index contributed by atoms with van der Waals surface area (Å²) in [5.74, 6) is 0.648. The largest absolute Gasteiger partial charge is 0.484 e. The van der Waals surface area contributed by atoms with E-state index in [4.69, 9.17) is 19.5 Å². The number of rotatable bonds is 6. The summed E-state index contributed by atoms with van der Waals surface area (Å²) in [6.07, 6.45) is 0. The number of aliphatic hydroxyl groups is 1. The predicted molar refractivity (Wildman–Crippen MR) is 82.8 cm³/mol. The summed E-state index contributed by atoms with van der Waals surface area (Å²) in [7, 11) is 0. The van der Waals surface area contributed by atoms with Crippen molar-refractivity contribution in [1.29, 1.82) is 5.26 Å². The molecule has 0 spiro atoms. The third-order valence-electron chi connectivity index (χ3n) is 3.11. The fraction of sp³-hybridized carbons (Fsp3) is 0.294. The summed E-state index contributed by atoms with van der Waals surface area (Å²) in [6, 6.07) is 12.1. The van der Waals surface area contributed by atoms with Crippen molar-refractivity contribution >= 4 is 5.91 Å². The summed E-state index contributed by atoms with van der Waals surface area (Å²) in [5.41, 5.74) is -0.298. The number of para-hydroxylation sites is 1. The second-order valence-corrected chi connectivity index (χ2v) is 5.66. The number of hydrogen-bond donors (Lipinski definition) is 2. The minimum absolute atomic E-state index is 0.107. The van der Waals surface area contributed by atoms with Gasteiger partial charge in [0.05, 0.1) is 17.7 Å². The molecule has 0 saturated heterocycles. The molecule has 0 bridgehead atoms. The van der Waals surface area contributed by atoms with Gasteiger partial charge in [0.25, 0.3) is 5.91 Å². The van der Waals surface area contributed by atoms with Crippen molar-refractivity contribution in [2.75, 3.05) is 6.61 Å². The minimum Gasteiger partial charge on any atom is -0.484 e. The lowest BCUT2D eigenvalue weighted by Crippen LogP contribution is -2.46. The van der Waals surface area contributed by atoms with E-state index in [0.717, 1.165) is 0 Å². The molecule has 1 aromatic carbocycles. The molecule has 0 fully saturated rings. The highest BCUT2D eigenvalue weighted by Gasteiger charge is 2.22. The summed E-state index contributed by atoms with van der Waals surface area (Å²) in [4.78, 5) is 12.0. The van der Waals surface area contributed by atoms with Gasteiger partial charge in [-0.05, 0) is 38.1 Å². The number of ether oxygens (including phenoxy) is 1. The first-order valence-electron chi connectivity index (χ1n) is 7.09. The van der Waals surface area contributed by atoms with Gasteiger partial charge in [-0.15, -0.1) is 0 Å². The van der Waals surface area contributed by atoms with Gasteiger partial charge in [-0.2, -0.15) is 5.26 Å². The second kappa shape index (κ2) is 6.99. The first kappa shape index (κ1) is 16.6. The number of benzene rings is 1. The lowest BCUT2D eigenvalue weighted by molar-refractivity contribution is 0.0837. The van der Waals surface area contributed by atoms with Crippen molar-refractivity contribution in [1.82, 2.24) is 5.32 Å². The minimum atomic E-state index is -0.730. The summed E-state index contributed by atoms with van der Waals surface area (Å²) in [5, 5.41) is 20.8. The van der Waals surface area contributed by atoms with Crippen molar-refractivity contribution in [3.8, 4) is 11.8 Å². The predicted octanol–water partition coefficient (Wildman–Crippen LogP) is 2.23. The molecule has 2 aromatic rings. The molecule has 0 aliphatic carbocycles. The lowest BCUT2D eigenvalue weighted by Gasteiger charge is -2.22. The molecule has 0 atom stereocenters. The molecule has 2 rings (SSSR count). The van der Waals surface area contributed by atoms with Crippen LogP contribution >= 0.6 is 0 Å². The SMILES string of the molecule is CC(C)(CO)NC(=O)c1ccc(COc2ccccc2C#N)o1. The van der Waals surface area contributed by atoms with Crippen LogP contribution in [0.1, 0.15) is 35.7 Å². The monoisotopic (exact) mass is 314 g/mol. The van der Waals surface area contributed by atoms with Gasteiger partial charge < -0.3 is 19.6 Å². The molecular formula is C17H18N2O4. The number of carbonyl (C=O) groups excluding carboxylic acids is 1. The maximum Gasteiger partial charge on any atom is 0.287 e. The molecule has 23 heavy (non-hydrogen) atoms. The van der Waals surface area contributed by atoms with Gasteiger partial charge >= 0.3 is 0 Å². The van der Waals surface area contributed by atoms with Gasteiger partial charge in [0.2, 0.25) is 0 Å². The van der Waals surface area contributed by atoms with Crippen LogP contribution in [-0.2, 0) is 6.61 Å². The Kier molecular flexibility index (Phi) is 5.04. The van der Waals surface area contributed by atoms with E-state index in [-0.39, 0.29) is 19.0 Å². The Morgan fingerprint density at radius 1 is 1.35 bits per heavy atom. The molecule has 0 unspecified atom stereocenters. The van der Waals surface area contributed by atoms with Crippen LogP contribution in [0.4, 0.5) is 0 Å². The van der Waals surface area contributed by atoms with Gasteiger partial charge in [0.15, 0.2) is 5.76 Å². The number of aliphatic hydroxyl groups excluding tert-OH is 1. The molecule has 0 aliphatic heterocycles. The third kappa shape index (κ3) is 4.34. The third-order valence-corrected chi connectivity index (χ3v) is 3.11. The zero-order chi connectivity index (χ0) is 16.9. The van der Waals surface area contributed by atoms with Gasteiger partial charge in [0.1, 0.15) is 24.2 Å². The van der Waals surface area contributed by atoms with Crippen LogP contribution in [0.3, 0.4) is 0 Å². The number of nitrogens with zero attached hydrogens (tertiary/aromatic N) is 1. The maximum absolute atomic E-state index is 12.0. The molecule has 6 heteroatoms. The molecule has 0 aliphatic rings. The number of hydrogen-bond acceptors (Lipinski definition) is 5. The highest BCUT2D eigenvalue weighted by molar-refractivity contribution is 5.92. The van der Waals surface area contributed by atoms with Gasteiger partial charge in [-0.1, -0.05) is 12.1 Å². The average molecular weight is 314 g/mol. The Labute approximate surface area is 134 Å². The zero-order valence-corrected chi connectivity index (χ0v) is 13.0. The molecule has 6 nitrogen and oxygen atoms in total. The van der Waals surface area contributed by atoms with E-state index in [2.05, 4.69) is 5.32 Å². The molecule has 1 amide bonds. The second-order valence-electron chi connectivity index (χ2n) is 5.66. The van der Waals surface area contributed by atoms with Crippen LogP contribution in [0.2, 0.25) is 0 Å². The maximum atomic E-state index is 12.0. The Morgan fingerprint density at radius 3 is 2.78 bits per heavy atom. The number of nitrogens with one attached hydrogen (secondary N) is 1. The van der Waals surface area contributed by atoms with Crippen molar-refractivity contribution in [2.24, 2.45) is 0 Å². The summed E-state index contributed by atoms with van der Waals surface area (Å²) >= 11 is 0. The van der Waals surface area contributed by atoms with E-state index < -0.39 is 11.4 Å². The van der Waals surface area contributed by atoms with Crippen molar-refractivity contribution in [2.45, 2.75) is 26.0 Å². The lowest BCUT2D eigenvalue weighted by atomic mass is 10.1. The van der Waals surface area contributed by atoms with Crippen LogP contribution in [-0.4, -0.2) is 23.2 Å². The van der Waals surface area contributed by atoms with E-state index in [1.807, 2.05) is 6.07 Å². The van der Waals surface area contributed by atoms with Crippen LogP contribution in [0.25, 0.3) is 0 Å². The van der Waals surface area contributed by atoms with E-state index >= 15 is 0 Å². The molecule has 2 N–H and O–H groups in total. The average Bonchev–Trinajstić information content (AvgIpc) is 3.02. The molecule has 0 radical (unpaired) electrons. The summed E-state index contributed by atoms with van der Waals surface area (Å²) < 4.78 is 11.0. The highest BCUT2D eigenvalue weighted by atomic mass is 16.5. The normalized spacial score (nSPS) is 10.9. The van der Waals surface area contributed by atoms with E-state index in [0.29, 0.717) is 17.1 Å². The fourth-order valence-corrected chi connectivity index (χ4v) is 1.82. The fourth-order valence-electron chi connectivity index (χ4n) is 1.82. The Bertz CT molecular complexity index is 728. The van der Waals surface area contributed by atoms with Crippen LogP contribution < -0.4 is 10.1 Å². The van der Waals surface area contributed by atoms with Gasteiger partial charge in [-0.3, -0.25) is 4.79 Å². The highest BCUT2D eigenvalue weighted by Crippen LogP contribution is 2.19. The number of carbonyl (C=O) groups is 1. The Morgan fingerprint density at radius 2 is 2.09 bits per heavy atom. The van der Waals surface area contributed by atoms with E-state index in [1.54, 1.807) is 44.2 Å². The van der Waals surface area contributed by atoms with E-state index in [9.17, 15) is 4.79 Å². The zero-order valence-electron chi connectivity index (χ0n) is 13.0. The van der Waals surface area contributed by atoms with Gasteiger partial charge in [-0.25, -0.2) is 0 Å². The molecule has 1 aromatic heterocycles. The van der Waals surface area contributed by atoms with Gasteiger partial charge in [0, 0.05) is 0 Å². The van der Waals surface area contributed by atoms with Crippen LogP contribution in [0.5, 0.6) is 5.75 Å². The van der Waals surface area contributed by atoms with Crippen molar-refractivity contribution < 1.29 is 19.1 Å². The number of nitriles is 1. The quantitative estimate of drug-likeness (QED) is 0.852. The smallest absolute Gasteiger partial charge is 0.287 e. The standard InChI is InChI=1S/C17H18N2O4/c1-17(2,11-20)19-16(21)15-8-7-13(23-15)10-22-14-6-4-3-5-12(14)9-18/h3-8,20H,10-11H2,1-2H3,(H,19,21).